The molecule has 2 aromatic carbocycles. The zero-order valence-electron chi connectivity index (χ0n) is 14.1. The molecule has 0 aliphatic heterocycles. The zero-order chi connectivity index (χ0) is 18.5. The minimum absolute atomic E-state index is 0.0805. The first-order valence-electron chi connectivity index (χ1n) is 8.23. The Bertz CT molecular complexity index is 984. The van der Waals surface area contributed by atoms with E-state index >= 15 is 0 Å². The normalized spacial score (nSPS) is 12.1. The Labute approximate surface area is 159 Å². The maximum absolute atomic E-state index is 12.6. The van der Waals surface area contributed by atoms with E-state index in [0.717, 1.165) is 10.0 Å². The molecule has 6 heteroatoms. The summed E-state index contributed by atoms with van der Waals surface area (Å²) in [5, 5.41) is 10.8. The molecule has 0 radical (unpaired) electrons. The maximum atomic E-state index is 12.6. The third-order valence-electron chi connectivity index (χ3n) is 3.96. The summed E-state index contributed by atoms with van der Waals surface area (Å²) >= 11 is 3.36. The van der Waals surface area contributed by atoms with Gasteiger partial charge in [0.15, 0.2) is 0 Å². The average Bonchev–Trinajstić information content (AvgIpc) is 2.64. The highest BCUT2D eigenvalue weighted by Crippen LogP contribution is 2.19. The van der Waals surface area contributed by atoms with Crippen LogP contribution in [0.1, 0.15) is 5.56 Å². The fourth-order valence-electron chi connectivity index (χ4n) is 2.70. The summed E-state index contributed by atoms with van der Waals surface area (Å²) in [7, 11) is 0. The van der Waals surface area contributed by atoms with Crippen molar-refractivity contribution in [2.75, 3.05) is 6.61 Å². The van der Waals surface area contributed by atoms with Crippen molar-refractivity contribution in [3.8, 4) is 5.75 Å². The fraction of sp³-hybridized carbons (Fsp3) is 0.200. The van der Waals surface area contributed by atoms with Gasteiger partial charge in [-0.1, -0.05) is 40.2 Å². The third-order valence-corrected chi connectivity index (χ3v) is 4.45. The number of halogens is 1. The van der Waals surface area contributed by atoms with E-state index in [1.807, 2.05) is 30.3 Å². The summed E-state index contributed by atoms with van der Waals surface area (Å²) in [6.45, 7) is 3.93. The molecule has 1 N–H and O–H groups in total. The van der Waals surface area contributed by atoms with Gasteiger partial charge >= 0.3 is 0 Å². The summed E-state index contributed by atoms with van der Waals surface area (Å²) in [4.78, 5) is 16.8. The number of aromatic nitrogens is 2. The smallest absolute Gasteiger partial charge is 0.261 e. The lowest BCUT2D eigenvalue weighted by atomic mass is 10.1. The lowest BCUT2D eigenvalue weighted by molar-refractivity contribution is 0.0911. The molecule has 5 nitrogen and oxygen atoms in total. The Morgan fingerprint density at radius 3 is 2.92 bits per heavy atom. The Morgan fingerprint density at radius 2 is 2.12 bits per heavy atom. The van der Waals surface area contributed by atoms with Crippen molar-refractivity contribution < 1.29 is 9.84 Å². The Morgan fingerprint density at radius 1 is 1.31 bits per heavy atom. The van der Waals surface area contributed by atoms with E-state index in [2.05, 4.69) is 27.5 Å². The first-order valence-corrected chi connectivity index (χ1v) is 9.02. The Kier molecular flexibility index (Phi) is 5.85. The second-order valence-corrected chi connectivity index (χ2v) is 6.84. The zero-order valence-corrected chi connectivity index (χ0v) is 15.7. The molecule has 1 unspecified atom stereocenters. The summed E-state index contributed by atoms with van der Waals surface area (Å²) in [5.74, 6) is 0.708. The van der Waals surface area contributed by atoms with E-state index in [1.54, 1.807) is 18.2 Å². The maximum Gasteiger partial charge on any atom is 0.261 e. The SMILES string of the molecule is C=CCc1ccccc1OCC(O)Cn1cnc2ccc(Br)cc2c1=O. The van der Waals surface area contributed by atoms with Gasteiger partial charge in [0, 0.05) is 4.47 Å². The van der Waals surface area contributed by atoms with Gasteiger partial charge in [-0.3, -0.25) is 9.36 Å². The lowest BCUT2D eigenvalue weighted by Gasteiger charge is -2.15. The van der Waals surface area contributed by atoms with E-state index in [4.69, 9.17) is 4.74 Å². The number of para-hydroxylation sites is 1. The second-order valence-electron chi connectivity index (χ2n) is 5.93. The summed E-state index contributed by atoms with van der Waals surface area (Å²) in [5.41, 5.74) is 1.44. The lowest BCUT2D eigenvalue weighted by Crippen LogP contribution is -2.30. The van der Waals surface area contributed by atoms with Crippen LogP contribution >= 0.6 is 15.9 Å². The predicted molar refractivity (Wildman–Crippen MR) is 106 cm³/mol. The molecule has 0 spiro atoms. The molecule has 3 aromatic rings. The van der Waals surface area contributed by atoms with Gasteiger partial charge in [-0.25, -0.2) is 4.98 Å². The molecule has 0 bridgehead atoms. The van der Waals surface area contributed by atoms with E-state index in [9.17, 15) is 9.90 Å². The minimum atomic E-state index is -0.837. The molecular formula is C20H19BrN2O3. The number of nitrogens with zero attached hydrogens (tertiary/aromatic N) is 2. The Hall–Kier alpha value is -2.44. The van der Waals surface area contributed by atoms with E-state index < -0.39 is 6.10 Å². The van der Waals surface area contributed by atoms with Crippen molar-refractivity contribution >= 4 is 26.8 Å². The van der Waals surface area contributed by atoms with Gasteiger partial charge in [-0.05, 0) is 36.2 Å². The molecule has 134 valence electrons. The van der Waals surface area contributed by atoms with Crippen molar-refractivity contribution in [2.24, 2.45) is 0 Å². The molecule has 0 aliphatic carbocycles. The van der Waals surface area contributed by atoms with Crippen LogP contribution in [0.15, 0.2) is 70.7 Å². The topological polar surface area (TPSA) is 64.3 Å². The molecule has 0 saturated carbocycles. The minimum Gasteiger partial charge on any atom is -0.491 e. The van der Waals surface area contributed by atoms with Crippen LogP contribution in [-0.4, -0.2) is 27.4 Å². The molecule has 0 fully saturated rings. The van der Waals surface area contributed by atoms with E-state index in [1.165, 1.54) is 10.9 Å². The number of aliphatic hydroxyl groups excluding tert-OH is 1. The quantitative estimate of drug-likeness (QED) is 0.602. The first-order chi connectivity index (χ1) is 12.6. The first kappa shape index (κ1) is 18.4. The highest BCUT2D eigenvalue weighted by molar-refractivity contribution is 9.10. The van der Waals surface area contributed by atoms with Gasteiger partial charge in [-0.15, -0.1) is 6.58 Å². The highest BCUT2D eigenvalue weighted by Gasteiger charge is 2.11. The summed E-state index contributed by atoms with van der Waals surface area (Å²) in [6.07, 6.45) is 3.11. The summed E-state index contributed by atoms with van der Waals surface area (Å²) in [6, 6.07) is 13.0. The van der Waals surface area contributed by atoms with Crippen molar-refractivity contribution in [1.82, 2.24) is 9.55 Å². The molecule has 0 saturated heterocycles. The molecule has 0 aliphatic rings. The number of hydrogen-bond acceptors (Lipinski definition) is 4. The van der Waals surface area contributed by atoms with Gasteiger partial charge in [0.1, 0.15) is 18.5 Å². The van der Waals surface area contributed by atoms with Crippen LogP contribution in [0.3, 0.4) is 0 Å². The van der Waals surface area contributed by atoms with Crippen LogP contribution in [0.4, 0.5) is 0 Å². The van der Waals surface area contributed by atoms with Crippen LogP contribution in [0.25, 0.3) is 10.9 Å². The standard InChI is InChI=1S/C20H19BrN2O3/c1-2-5-14-6-3-4-7-19(14)26-12-16(24)11-23-13-22-18-9-8-15(21)10-17(18)20(23)25/h2-4,6-10,13,16,24H,1,5,11-12H2. The van der Waals surface area contributed by atoms with Gasteiger partial charge in [0.25, 0.3) is 5.56 Å². The number of aliphatic hydroxyl groups is 1. The number of fused-ring (bicyclic) bond motifs is 1. The van der Waals surface area contributed by atoms with Crippen molar-refractivity contribution in [2.45, 2.75) is 19.1 Å². The molecule has 0 amide bonds. The molecular weight excluding hydrogens is 396 g/mol. The predicted octanol–water partition coefficient (Wildman–Crippen LogP) is 3.33. The highest BCUT2D eigenvalue weighted by atomic mass is 79.9. The monoisotopic (exact) mass is 414 g/mol. The van der Waals surface area contributed by atoms with Crippen LogP contribution < -0.4 is 10.3 Å². The third kappa shape index (κ3) is 4.20. The van der Waals surface area contributed by atoms with E-state index in [0.29, 0.717) is 23.1 Å². The number of benzene rings is 2. The van der Waals surface area contributed by atoms with Crippen LogP contribution in [-0.2, 0) is 13.0 Å². The molecule has 1 heterocycles. The number of allylic oxidation sites excluding steroid dienone is 1. The molecule has 3 rings (SSSR count). The van der Waals surface area contributed by atoms with Gasteiger partial charge < -0.3 is 9.84 Å². The van der Waals surface area contributed by atoms with Crippen molar-refractivity contribution in [1.29, 1.82) is 0 Å². The fourth-order valence-corrected chi connectivity index (χ4v) is 3.06. The molecule has 26 heavy (non-hydrogen) atoms. The van der Waals surface area contributed by atoms with Gasteiger partial charge in [0.2, 0.25) is 0 Å². The molecule has 1 atom stereocenters. The second kappa shape index (κ2) is 8.29. The van der Waals surface area contributed by atoms with Crippen LogP contribution in [0.5, 0.6) is 5.75 Å². The van der Waals surface area contributed by atoms with Crippen molar-refractivity contribution in [3.05, 3.63) is 81.8 Å². The molecule has 1 aromatic heterocycles. The largest absolute Gasteiger partial charge is 0.491 e. The number of rotatable bonds is 7. The average molecular weight is 415 g/mol. The van der Waals surface area contributed by atoms with Crippen LogP contribution in [0.2, 0.25) is 0 Å². The number of hydrogen-bond donors (Lipinski definition) is 1. The van der Waals surface area contributed by atoms with Crippen LogP contribution in [0, 0.1) is 0 Å². The number of ether oxygens (including phenoxy) is 1. The summed E-state index contributed by atoms with van der Waals surface area (Å²) < 4.78 is 7.94. The van der Waals surface area contributed by atoms with Gasteiger partial charge in [-0.2, -0.15) is 0 Å². The van der Waals surface area contributed by atoms with Crippen molar-refractivity contribution in [3.63, 3.8) is 0 Å². The Balaban J connectivity index is 1.72. The van der Waals surface area contributed by atoms with Gasteiger partial charge in [0.05, 0.1) is 23.8 Å². The van der Waals surface area contributed by atoms with E-state index in [-0.39, 0.29) is 18.7 Å².